The number of carbonyl (C=O) groups is 2. The summed E-state index contributed by atoms with van der Waals surface area (Å²) in [4.78, 5) is 25.9. The molecule has 2 aromatic rings. The van der Waals surface area contributed by atoms with Gasteiger partial charge < -0.3 is 21.3 Å². The SMILES string of the molecule is Cc1cc(NC(C)C(=O)Nc2ccc(C(N)=O)cc2)ccc1N1CCCC1. The van der Waals surface area contributed by atoms with Crippen molar-refractivity contribution >= 4 is 28.9 Å². The van der Waals surface area contributed by atoms with Crippen LogP contribution in [-0.4, -0.2) is 30.9 Å². The van der Waals surface area contributed by atoms with Gasteiger partial charge in [-0.2, -0.15) is 0 Å². The Hall–Kier alpha value is -3.02. The van der Waals surface area contributed by atoms with Crippen LogP contribution >= 0.6 is 0 Å². The molecule has 27 heavy (non-hydrogen) atoms. The molecule has 1 atom stereocenters. The number of primary amides is 1. The Morgan fingerprint density at radius 1 is 1.04 bits per heavy atom. The van der Waals surface area contributed by atoms with Crippen LogP contribution < -0.4 is 21.3 Å². The van der Waals surface area contributed by atoms with E-state index in [2.05, 4.69) is 34.6 Å². The number of rotatable bonds is 6. The second kappa shape index (κ2) is 8.12. The molecule has 0 aromatic heterocycles. The summed E-state index contributed by atoms with van der Waals surface area (Å²) in [6, 6.07) is 12.3. The highest BCUT2D eigenvalue weighted by molar-refractivity contribution is 5.97. The molecule has 0 aliphatic carbocycles. The van der Waals surface area contributed by atoms with E-state index in [1.165, 1.54) is 24.1 Å². The molecule has 6 heteroatoms. The average Bonchev–Trinajstić information content (AvgIpc) is 3.16. The second-order valence-corrected chi connectivity index (χ2v) is 6.99. The first-order valence-electron chi connectivity index (χ1n) is 9.27. The van der Waals surface area contributed by atoms with Gasteiger partial charge in [0.1, 0.15) is 6.04 Å². The fourth-order valence-electron chi connectivity index (χ4n) is 3.34. The summed E-state index contributed by atoms with van der Waals surface area (Å²) >= 11 is 0. The van der Waals surface area contributed by atoms with Gasteiger partial charge in [0.2, 0.25) is 11.8 Å². The van der Waals surface area contributed by atoms with Crippen LogP contribution in [0.25, 0.3) is 0 Å². The Labute approximate surface area is 159 Å². The number of anilines is 3. The van der Waals surface area contributed by atoms with Crippen molar-refractivity contribution in [3.05, 3.63) is 53.6 Å². The molecule has 3 rings (SSSR count). The van der Waals surface area contributed by atoms with Crippen LogP contribution in [0, 0.1) is 6.92 Å². The first-order valence-corrected chi connectivity index (χ1v) is 9.27. The molecule has 142 valence electrons. The van der Waals surface area contributed by atoms with Crippen molar-refractivity contribution < 1.29 is 9.59 Å². The summed E-state index contributed by atoms with van der Waals surface area (Å²) in [7, 11) is 0. The van der Waals surface area contributed by atoms with E-state index in [9.17, 15) is 9.59 Å². The lowest BCUT2D eigenvalue weighted by atomic mass is 10.1. The van der Waals surface area contributed by atoms with Crippen molar-refractivity contribution in [2.24, 2.45) is 5.73 Å². The Bertz CT molecular complexity index is 827. The number of carbonyl (C=O) groups excluding carboxylic acids is 2. The monoisotopic (exact) mass is 366 g/mol. The molecule has 2 aromatic carbocycles. The molecule has 1 saturated heterocycles. The lowest BCUT2D eigenvalue weighted by molar-refractivity contribution is -0.116. The van der Waals surface area contributed by atoms with Gasteiger partial charge in [-0.25, -0.2) is 0 Å². The number of aryl methyl sites for hydroxylation is 1. The molecule has 0 saturated carbocycles. The highest BCUT2D eigenvalue weighted by Crippen LogP contribution is 2.27. The van der Waals surface area contributed by atoms with Gasteiger partial charge in [-0.15, -0.1) is 0 Å². The van der Waals surface area contributed by atoms with Gasteiger partial charge in [0.15, 0.2) is 0 Å². The zero-order valence-corrected chi connectivity index (χ0v) is 15.8. The molecule has 1 aliphatic rings. The van der Waals surface area contributed by atoms with Crippen LogP contribution in [0.4, 0.5) is 17.1 Å². The molecule has 0 spiro atoms. The number of nitrogens with one attached hydrogen (secondary N) is 2. The molecule has 2 amide bonds. The Morgan fingerprint density at radius 2 is 1.67 bits per heavy atom. The maximum Gasteiger partial charge on any atom is 0.248 e. The largest absolute Gasteiger partial charge is 0.374 e. The van der Waals surface area contributed by atoms with Crippen LogP contribution in [0.2, 0.25) is 0 Å². The topological polar surface area (TPSA) is 87.5 Å². The maximum atomic E-state index is 12.4. The van der Waals surface area contributed by atoms with Crippen LogP contribution in [-0.2, 0) is 4.79 Å². The molecule has 1 fully saturated rings. The maximum absolute atomic E-state index is 12.4. The minimum atomic E-state index is -0.490. The molecule has 1 unspecified atom stereocenters. The summed E-state index contributed by atoms with van der Waals surface area (Å²) in [5.41, 5.74) is 9.65. The smallest absolute Gasteiger partial charge is 0.248 e. The lowest BCUT2D eigenvalue weighted by Gasteiger charge is -2.22. The minimum absolute atomic E-state index is 0.150. The van der Waals surface area contributed by atoms with Crippen molar-refractivity contribution in [2.45, 2.75) is 32.7 Å². The summed E-state index contributed by atoms with van der Waals surface area (Å²) in [6.07, 6.45) is 2.49. The zero-order valence-electron chi connectivity index (χ0n) is 15.8. The summed E-state index contributed by atoms with van der Waals surface area (Å²) in [5, 5.41) is 6.08. The van der Waals surface area contributed by atoms with Crippen molar-refractivity contribution in [1.29, 1.82) is 0 Å². The Kier molecular flexibility index (Phi) is 5.64. The molecular weight excluding hydrogens is 340 g/mol. The van der Waals surface area contributed by atoms with Gasteiger partial charge in [0.25, 0.3) is 0 Å². The van der Waals surface area contributed by atoms with E-state index in [0.29, 0.717) is 11.3 Å². The number of hydrogen-bond donors (Lipinski definition) is 3. The number of hydrogen-bond acceptors (Lipinski definition) is 4. The van der Waals surface area contributed by atoms with E-state index in [1.807, 2.05) is 13.0 Å². The molecule has 1 heterocycles. The predicted octanol–water partition coefficient (Wildman–Crippen LogP) is 3.13. The fourth-order valence-corrected chi connectivity index (χ4v) is 3.34. The number of amides is 2. The van der Waals surface area contributed by atoms with Gasteiger partial charge >= 0.3 is 0 Å². The van der Waals surface area contributed by atoms with E-state index in [0.717, 1.165) is 18.8 Å². The lowest BCUT2D eigenvalue weighted by Crippen LogP contribution is -2.32. The van der Waals surface area contributed by atoms with Crippen molar-refractivity contribution in [2.75, 3.05) is 28.6 Å². The van der Waals surface area contributed by atoms with E-state index in [1.54, 1.807) is 24.3 Å². The zero-order chi connectivity index (χ0) is 19.4. The number of nitrogens with two attached hydrogens (primary N) is 1. The van der Waals surface area contributed by atoms with Crippen LogP contribution in [0.5, 0.6) is 0 Å². The van der Waals surface area contributed by atoms with E-state index in [4.69, 9.17) is 5.73 Å². The molecule has 6 nitrogen and oxygen atoms in total. The van der Waals surface area contributed by atoms with E-state index in [-0.39, 0.29) is 5.91 Å². The highest BCUT2D eigenvalue weighted by atomic mass is 16.2. The van der Waals surface area contributed by atoms with Crippen LogP contribution in [0.1, 0.15) is 35.7 Å². The van der Waals surface area contributed by atoms with Gasteiger partial charge in [-0.3, -0.25) is 9.59 Å². The van der Waals surface area contributed by atoms with Gasteiger partial charge in [0, 0.05) is 35.7 Å². The molecule has 0 radical (unpaired) electrons. The standard InChI is InChI=1S/C21H26N4O2/c1-14-13-18(9-10-19(14)25-11-3-4-12-25)23-15(2)21(27)24-17-7-5-16(6-8-17)20(22)26/h5-10,13,15,23H,3-4,11-12H2,1-2H3,(H2,22,26)(H,24,27). The minimum Gasteiger partial charge on any atom is -0.374 e. The molecule has 1 aliphatic heterocycles. The molecule has 4 N–H and O–H groups in total. The predicted molar refractivity (Wildman–Crippen MR) is 109 cm³/mol. The Balaban J connectivity index is 1.60. The van der Waals surface area contributed by atoms with E-state index >= 15 is 0 Å². The van der Waals surface area contributed by atoms with Crippen molar-refractivity contribution in [1.82, 2.24) is 0 Å². The van der Waals surface area contributed by atoms with Gasteiger partial charge in [0.05, 0.1) is 0 Å². The number of benzene rings is 2. The normalized spacial score (nSPS) is 14.7. The van der Waals surface area contributed by atoms with Gasteiger partial charge in [-0.1, -0.05) is 0 Å². The van der Waals surface area contributed by atoms with Crippen molar-refractivity contribution in [3.8, 4) is 0 Å². The first-order chi connectivity index (χ1) is 12.9. The third-order valence-electron chi connectivity index (χ3n) is 4.86. The quantitative estimate of drug-likeness (QED) is 0.733. The molecular formula is C21H26N4O2. The highest BCUT2D eigenvalue weighted by Gasteiger charge is 2.16. The summed E-state index contributed by atoms with van der Waals surface area (Å²) in [6.45, 7) is 6.14. The fraction of sp³-hybridized carbons (Fsp3) is 0.333. The third kappa shape index (κ3) is 4.58. The third-order valence-corrected chi connectivity index (χ3v) is 4.86. The van der Waals surface area contributed by atoms with Crippen LogP contribution in [0.3, 0.4) is 0 Å². The summed E-state index contributed by atoms with van der Waals surface area (Å²) < 4.78 is 0. The summed E-state index contributed by atoms with van der Waals surface area (Å²) in [5.74, 6) is -0.640. The van der Waals surface area contributed by atoms with Crippen molar-refractivity contribution in [3.63, 3.8) is 0 Å². The van der Waals surface area contributed by atoms with Crippen LogP contribution in [0.15, 0.2) is 42.5 Å². The Morgan fingerprint density at radius 3 is 2.26 bits per heavy atom. The number of nitrogens with zero attached hydrogens (tertiary/aromatic N) is 1. The van der Waals surface area contributed by atoms with E-state index < -0.39 is 11.9 Å². The first kappa shape index (κ1) is 18.8. The average molecular weight is 366 g/mol. The van der Waals surface area contributed by atoms with Gasteiger partial charge in [-0.05, 0) is 74.7 Å². The molecule has 0 bridgehead atoms. The second-order valence-electron chi connectivity index (χ2n) is 6.99.